The molecule has 5 nitrogen and oxygen atoms in total. The summed E-state index contributed by atoms with van der Waals surface area (Å²) in [5, 5.41) is 34.2. The lowest BCUT2D eigenvalue weighted by Crippen LogP contribution is -2.58. The summed E-state index contributed by atoms with van der Waals surface area (Å²) in [5.41, 5.74) is 1.70. The number of benzene rings is 1. The highest BCUT2D eigenvalue weighted by molar-refractivity contribution is 5.75. The largest absolute Gasteiger partial charge is 0.626 e. The van der Waals surface area contributed by atoms with Crippen LogP contribution in [0.1, 0.15) is 38.5 Å². The van der Waals surface area contributed by atoms with Crippen LogP contribution in [-0.2, 0) is 0 Å². The summed E-state index contributed by atoms with van der Waals surface area (Å²) in [4.78, 5) is 2.10. The maximum atomic E-state index is 13.7. The summed E-state index contributed by atoms with van der Waals surface area (Å²) in [6.07, 6.45) is 4.31. The molecule has 0 bridgehead atoms. The Labute approximate surface area is 130 Å². The maximum Gasteiger partial charge on any atom is 0.159 e. The lowest BCUT2D eigenvalue weighted by atomic mass is 10.1. The van der Waals surface area contributed by atoms with E-state index in [0.717, 1.165) is 49.9 Å². The molecule has 1 aromatic rings. The van der Waals surface area contributed by atoms with Gasteiger partial charge >= 0.3 is 0 Å². The third kappa shape index (κ3) is 2.00. The number of rotatable bonds is 2. The van der Waals surface area contributed by atoms with Crippen LogP contribution < -0.4 is 9.55 Å². The Balaban J connectivity index is 1.73. The fourth-order valence-electron chi connectivity index (χ4n) is 4.66. The van der Waals surface area contributed by atoms with Gasteiger partial charge in [-0.05, 0) is 38.2 Å². The molecule has 0 radical (unpaired) electrons. The number of hydrogen-bond donors (Lipinski definition) is 2. The van der Waals surface area contributed by atoms with E-state index in [0.29, 0.717) is 6.67 Å². The van der Waals surface area contributed by atoms with E-state index in [1.165, 1.54) is 0 Å². The highest BCUT2D eigenvalue weighted by atomic mass is 16.6. The Morgan fingerprint density at radius 2 is 1.73 bits per heavy atom. The van der Waals surface area contributed by atoms with Crippen LogP contribution in [0.5, 0.6) is 0 Å². The van der Waals surface area contributed by atoms with Gasteiger partial charge in [0.25, 0.3) is 0 Å². The van der Waals surface area contributed by atoms with Crippen LogP contribution in [0.2, 0.25) is 0 Å². The number of fused-ring (bicyclic) bond motifs is 1. The molecule has 1 heterocycles. The van der Waals surface area contributed by atoms with Gasteiger partial charge in [0.05, 0.1) is 12.1 Å². The Kier molecular flexibility index (Phi) is 3.42. The van der Waals surface area contributed by atoms with Crippen molar-refractivity contribution in [3.05, 3.63) is 29.5 Å². The monoisotopic (exact) mass is 304 g/mol. The molecule has 0 saturated heterocycles. The van der Waals surface area contributed by atoms with Gasteiger partial charge in [0.2, 0.25) is 0 Å². The maximum absolute atomic E-state index is 13.7. The standard InChI is InChI=1S/C17H24N2O3/c20-16-9-3-6-13(16)18-11-19(22,15-8-4-10-17(15)21)14-7-2-1-5-12(14)18/h1-2,5,7,13,15-17,20-21H,3-4,6,8-11H2. The van der Waals surface area contributed by atoms with Crippen LogP contribution >= 0.6 is 0 Å². The summed E-state index contributed by atoms with van der Waals surface area (Å²) >= 11 is 0. The molecule has 1 aliphatic heterocycles. The third-order valence-corrected chi connectivity index (χ3v) is 5.79. The first-order chi connectivity index (χ1) is 10.6. The average molecular weight is 304 g/mol. The van der Waals surface area contributed by atoms with E-state index in [1.54, 1.807) is 0 Å². The van der Waals surface area contributed by atoms with E-state index < -0.39 is 10.8 Å². The molecule has 0 amide bonds. The highest BCUT2D eigenvalue weighted by Crippen LogP contribution is 2.47. The molecule has 120 valence electrons. The van der Waals surface area contributed by atoms with Gasteiger partial charge in [-0.1, -0.05) is 12.1 Å². The fourth-order valence-corrected chi connectivity index (χ4v) is 4.66. The number of nitrogens with zero attached hydrogens (tertiary/aromatic N) is 2. The number of aliphatic hydroxyl groups is 2. The topological polar surface area (TPSA) is 66.8 Å². The Bertz CT molecular complexity index is 567. The first-order valence-electron chi connectivity index (χ1n) is 8.42. The summed E-state index contributed by atoms with van der Waals surface area (Å²) < 4.78 is -0.458. The summed E-state index contributed by atoms with van der Waals surface area (Å²) in [5.74, 6) is 0. The van der Waals surface area contributed by atoms with E-state index >= 15 is 0 Å². The quantitative estimate of drug-likeness (QED) is 0.648. The molecule has 0 spiro atoms. The van der Waals surface area contributed by atoms with Gasteiger partial charge < -0.3 is 25.0 Å². The van der Waals surface area contributed by atoms with Gasteiger partial charge in [-0.15, -0.1) is 0 Å². The predicted octanol–water partition coefficient (Wildman–Crippen LogP) is 2.10. The molecule has 5 heteroatoms. The summed E-state index contributed by atoms with van der Waals surface area (Å²) in [6, 6.07) is 7.50. The zero-order valence-electron chi connectivity index (χ0n) is 12.8. The van der Waals surface area contributed by atoms with Crippen LogP contribution in [0.3, 0.4) is 0 Å². The molecule has 5 atom stereocenters. The van der Waals surface area contributed by atoms with Gasteiger partial charge in [-0.2, -0.15) is 0 Å². The van der Waals surface area contributed by atoms with Crippen LogP contribution in [0.25, 0.3) is 0 Å². The molecule has 2 saturated carbocycles. The van der Waals surface area contributed by atoms with Crippen molar-refractivity contribution >= 4 is 11.4 Å². The van der Waals surface area contributed by atoms with Crippen molar-refractivity contribution in [2.75, 3.05) is 11.6 Å². The van der Waals surface area contributed by atoms with Gasteiger partial charge in [-0.25, -0.2) is 0 Å². The zero-order valence-corrected chi connectivity index (χ0v) is 12.8. The van der Waals surface area contributed by atoms with Gasteiger partial charge in [-0.3, -0.25) is 0 Å². The minimum Gasteiger partial charge on any atom is -0.626 e. The second-order valence-corrected chi connectivity index (χ2v) is 7.03. The second-order valence-electron chi connectivity index (χ2n) is 7.03. The zero-order chi connectivity index (χ0) is 15.3. The van der Waals surface area contributed by atoms with E-state index in [4.69, 9.17) is 0 Å². The Morgan fingerprint density at radius 3 is 2.41 bits per heavy atom. The highest BCUT2D eigenvalue weighted by Gasteiger charge is 2.49. The number of hydrogen-bond acceptors (Lipinski definition) is 4. The molecular formula is C17H24N2O3. The predicted molar refractivity (Wildman–Crippen MR) is 86.2 cm³/mol. The van der Waals surface area contributed by atoms with Crippen LogP contribution in [-0.4, -0.2) is 41.2 Å². The minimum absolute atomic E-state index is 0.0358. The number of aliphatic hydroxyl groups excluding tert-OH is 2. The number of quaternary nitrogens is 1. The molecule has 22 heavy (non-hydrogen) atoms. The lowest BCUT2D eigenvalue weighted by Gasteiger charge is -2.45. The average Bonchev–Trinajstić information content (AvgIpc) is 3.19. The molecular weight excluding hydrogens is 280 g/mol. The number of anilines is 1. The van der Waals surface area contributed by atoms with Crippen molar-refractivity contribution in [3.63, 3.8) is 0 Å². The van der Waals surface area contributed by atoms with Crippen molar-refractivity contribution in [3.8, 4) is 0 Å². The minimum atomic E-state index is -0.515. The van der Waals surface area contributed by atoms with E-state index in [2.05, 4.69) is 4.90 Å². The molecule has 1 aromatic carbocycles. The molecule has 5 unspecified atom stereocenters. The lowest BCUT2D eigenvalue weighted by molar-refractivity contribution is 0.0995. The van der Waals surface area contributed by atoms with Gasteiger partial charge in [0, 0.05) is 12.5 Å². The van der Waals surface area contributed by atoms with Crippen LogP contribution in [0.15, 0.2) is 24.3 Å². The van der Waals surface area contributed by atoms with Gasteiger partial charge in [0.15, 0.2) is 12.4 Å². The van der Waals surface area contributed by atoms with E-state index in [9.17, 15) is 15.4 Å². The van der Waals surface area contributed by atoms with Crippen LogP contribution in [0.4, 0.5) is 11.4 Å². The summed E-state index contributed by atoms with van der Waals surface area (Å²) in [7, 11) is 0. The van der Waals surface area contributed by atoms with Crippen molar-refractivity contribution in [2.24, 2.45) is 0 Å². The Morgan fingerprint density at radius 1 is 1.00 bits per heavy atom. The fraction of sp³-hybridized carbons (Fsp3) is 0.647. The Hall–Kier alpha value is -1.14. The molecule has 0 aromatic heterocycles. The van der Waals surface area contributed by atoms with E-state index in [-0.39, 0.29) is 18.2 Å². The normalized spacial score (nSPS) is 41.1. The molecule has 4 rings (SSSR count). The third-order valence-electron chi connectivity index (χ3n) is 5.79. The van der Waals surface area contributed by atoms with Crippen molar-refractivity contribution in [1.29, 1.82) is 0 Å². The van der Waals surface area contributed by atoms with Crippen molar-refractivity contribution in [1.82, 2.24) is 4.65 Å². The molecule has 2 N–H and O–H groups in total. The first kappa shape index (κ1) is 14.5. The summed E-state index contributed by atoms with van der Waals surface area (Å²) in [6.45, 7) is 0.322. The molecule has 2 fully saturated rings. The molecule has 2 aliphatic carbocycles. The number of hydroxylamine groups is 2. The van der Waals surface area contributed by atoms with Crippen molar-refractivity contribution < 1.29 is 10.2 Å². The van der Waals surface area contributed by atoms with Crippen molar-refractivity contribution in [2.45, 2.75) is 62.8 Å². The second kappa shape index (κ2) is 5.20. The number of para-hydroxylation sites is 2. The first-order valence-corrected chi connectivity index (χ1v) is 8.42. The SMILES string of the molecule is [O-][N+]1(C2CCCC2O)CN(C2CCCC2O)c2ccccc21. The van der Waals surface area contributed by atoms with Gasteiger partial charge in [0.1, 0.15) is 17.8 Å². The molecule has 3 aliphatic rings. The van der Waals surface area contributed by atoms with Crippen LogP contribution in [0, 0.1) is 5.21 Å². The smallest absolute Gasteiger partial charge is 0.159 e. The van der Waals surface area contributed by atoms with E-state index in [1.807, 2.05) is 24.3 Å².